The number of carboxylic acid groups (broad SMARTS) is 1. The van der Waals surface area contributed by atoms with Gasteiger partial charge in [0.25, 0.3) is 0 Å². The van der Waals surface area contributed by atoms with Crippen LogP contribution >= 0.6 is 0 Å². The zero-order valence-corrected chi connectivity index (χ0v) is 11.2. The molecule has 102 valence electrons. The quantitative estimate of drug-likeness (QED) is 0.839. The molecular weight excluding hydrogens is 240 g/mol. The maximum absolute atomic E-state index is 10.7. The van der Waals surface area contributed by atoms with Crippen LogP contribution in [0, 0.1) is 0 Å². The SMILES string of the molecule is CC(=CCN1CCN(c2ccccc2)CC1)C(=O)O. The highest BCUT2D eigenvalue weighted by atomic mass is 16.4. The van der Waals surface area contributed by atoms with Crippen molar-refractivity contribution in [3.63, 3.8) is 0 Å². The van der Waals surface area contributed by atoms with Crippen LogP contribution in [0.1, 0.15) is 6.92 Å². The predicted octanol–water partition coefficient (Wildman–Crippen LogP) is 1.84. The minimum absolute atomic E-state index is 0.422. The summed E-state index contributed by atoms with van der Waals surface area (Å²) in [7, 11) is 0. The highest BCUT2D eigenvalue weighted by Crippen LogP contribution is 2.15. The second-order valence-corrected chi connectivity index (χ2v) is 4.82. The summed E-state index contributed by atoms with van der Waals surface area (Å²) in [5.41, 5.74) is 1.69. The van der Waals surface area contributed by atoms with E-state index in [-0.39, 0.29) is 0 Å². The Bertz CT molecular complexity index is 448. The van der Waals surface area contributed by atoms with Gasteiger partial charge in [0.15, 0.2) is 0 Å². The molecule has 0 aliphatic carbocycles. The number of anilines is 1. The molecule has 1 fully saturated rings. The van der Waals surface area contributed by atoms with Gasteiger partial charge in [-0.05, 0) is 19.1 Å². The smallest absolute Gasteiger partial charge is 0.330 e. The van der Waals surface area contributed by atoms with Crippen molar-refractivity contribution in [2.45, 2.75) is 6.92 Å². The number of benzene rings is 1. The molecule has 4 heteroatoms. The van der Waals surface area contributed by atoms with Crippen LogP contribution in [-0.4, -0.2) is 48.7 Å². The number of carbonyl (C=O) groups is 1. The number of nitrogens with zero attached hydrogens (tertiary/aromatic N) is 2. The Morgan fingerprint density at radius 2 is 1.84 bits per heavy atom. The summed E-state index contributed by atoms with van der Waals surface area (Å²) >= 11 is 0. The van der Waals surface area contributed by atoms with E-state index in [1.54, 1.807) is 13.0 Å². The van der Waals surface area contributed by atoms with Crippen molar-refractivity contribution in [2.75, 3.05) is 37.6 Å². The first kappa shape index (κ1) is 13.6. The van der Waals surface area contributed by atoms with E-state index in [2.05, 4.69) is 34.1 Å². The van der Waals surface area contributed by atoms with E-state index < -0.39 is 5.97 Å². The fraction of sp³-hybridized carbons (Fsp3) is 0.400. The van der Waals surface area contributed by atoms with Gasteiger partial charge in [0.05, 0.1) is 0 Å². The van der Waals surface area contributed by atoms with Crippen LogP contribution in [0.3, 0.4) is 0 Å². The van der Waals surface area contributed by atoms with Gasteiger partial charge in [-0.2, -0.15) is 0 Å². The van der Waals surface area contributed by atoms with Crippen LogP contribution < -0.4 is 4.90 Å². The average Bonchev–Trinajstić information content (AvgIpc) is 2.46. The molecular formula is C15H20N2O2. The zero-order chi connectivity index (χ0) is 13.7. The number of hydrogen-bond donors (Lipinski definition) is 1. The molecule has 0 spiro atoms. The Morgan fingerprint density at radius 3 is 2.42 bits per heavy atom. The molecule has 0 saturated carbocycles. The Morgan fingerprint density at radius 1 is 1.21 bits per heavy atom. The van der Waals surface area contributed by atoms with Gasteiger partial charge < -0.3 is 10.0 Å². The molecule has 1 aliphatic heterocycles. The third kappa shape index (κ3) is 3.83. The molecule has 0 radical (unpaired) electrons. The van der Waals surface area contributed by atoms with E-state index in [0.717, 1.165) is 32.7 Å². The second kappa shape index (κ2) is 6.38. The Balaban J connectivity index is 1.83. The summed E-state index contributed by atoms with van der Waals surface area (Å²) in [6.07, 6.45) is 1.79. The number of para-hydroxylation sites is 1. The van der Waals surface area contributed by atoms with Crippen molar-refractivity contribution in [3.05, 3.63) is 42.0 Å². The Hall–Kier alpha value is -1.81. The lowest BCUT2D eigenvalue weighted by atomic mass is 10.2. The van der Waals surface area contributed by atoms with Crippen LogP contribution in [-0.2, 0) is 4.79 Å². The average molecular weight is 260 g/mol. The van der Waals surface area contributed by atoms with Gasteiger partial charge in [-0.25, -0.2) is 4.79 Å². The summed E-state index contributed by atoms with van der Waals surface area (Å²) in [5, 5.41) is 8.81. The molecule has 1 aliphatic rings. The maximum Gasteiger partial charge on any atom is 0.330 e. The van der Waals surface area contributed by atoms with E-state index in [0.29, 0.717) is 5.57 Å². The number of carboxylic acids is 1. The van der Waals surface area contributed by atoms with E-state index in [4.69, 9.17) is 5.11 Å². The maximum atomic E-state index is 10.7. The minimum atomic E-state index is -0.831. The first-order chi connectivity index (χ1) is 9.16. The minimum Gasteiger partial charge on any atom is -0.478 e. The van der Waals surface area contributed by atoms with Gasteiger partial charge in [0, 0.05) is 44.0 Å². The summed E-state index contributed by atoms with van der Waals surface area (Å²) in [4.78, 5) is 15.4. The summed E-state index contributed by atoms with van der Waals surface area (Å²) in [6, 6.07) is 10.4. The molecule has 1 N–H and O–H groups in total. The molecule has 1 aromatic carbocycles. The first-order valence-corrected chi connectivity index (χ1v) is 6.59. The second-order valence-electron chi connectivity index (χ2n) is 4.82. The van der Waals surface area contributed by atoms with Crippen molar-refractivity contribution < 1.29 is 9.90 Å². The van der Waals surface area contributed by atoms with Crippen LogP contribution in [0.25, 0.3) is 0 Å². The van der Waals surface area contributed by atoms with Crippen molar-refractivity contribution in [1.29, 1.82) is 0 Å². The van der Waals surface area contributed by atoms with Gasteiger partial charge >= 0.3 is 5.97 Å². The summed E-state index contributed by atoms with van der Waals surface area (Å²) in [5.74, 6) is -0.831. The number of rotatable bonds is 4. The van der Waals surface area contributed by atoms with Crippen LogP contribution in [0.15, 0.2) is 42.0 Å². The largest absolute Gasteiger partial charge is 0.478 e. The van der Waals surface area contributed by atoms with Crippen molar-refractivity contribution in [2.24, 2.45) is 0 Å². The summed E-state index contributed by atoms with van der Waals surface area (Å²) < 4.78 is 0. The number of piperazine rings is 1. The van der Waals surface area contributed by atoms with Crippen molar-refractivity contribution in [1.82, 2.24) is 4.90 Å². The van der Waals surface area contributed by atoms with E-state index >= 15 is 0 Å². The summed E-state index contributed by atoms with van der Waals surface area (Å²) in [6.45, 7) is 6.29. The van der Waals surface area contributed by atoms with E-state index in [1.807, 2.05) is 6.07 Å². The molecule has 0 unspecified atom stereocenters. The van der Waals surface area contributed by atoms with Crippen LogP contribution in [0.4, 0.5) is 5.69 Å². The fourth-order valence-electron chi connectivity index (χ4n) is 2.18. The molecule has 0 aromatic heterocycles. The molecule has 4 nitrogen and oxygen atoms in total. The molecule has 1 saturated heterocycles. The molecule has 0 amide bonds. The molecule has 0 bridgehead atoms. The molecule has 2 rings (SSSR count). The number of aliphatic carboxylic acids is 1. The third-order valence-electron chi connectivity index (χ3n) is 3.49. The van der Waals surface area contributed by atoms with Gasteiger partial charge in [-0.15, -0.1) is 0 Å². The van der Waals surface area contributed by atoms with E-state index in [9.17, 15) is 4.79 Å². The predicted molar refractivity (Wildman–Crippen MR) is 76.5 cm³/mol. The lowest BCUT2D eigenvalue weighted by Gasteiger charge is -2.35. The zero-order valence-electron chi connectivity index (χ0n) is 11.2. The van der Waals surface area contributed by atoms with Gasteiger partial charge in [-0.3, -0.25) is 4.90 Å². The van der Waals surface area contributed by atoms with Gasteiger partial charge in [-0.1, -0.05) is 24.3 Å². The highest BCUT2D eigenvalue weighted by Gasteiger charge is 2.16. The molecule has 1 aromatic rings. The van der Waals surface area contributed by atoms with Crippen LogP contribution in [0.5, 0.6) is 0 Å². The molecule has 19 heavy (non-hydrogen) atoms. The fourth-order valence-corrected chi connectivity index (χ4v) is 2.18. The lowest BCUT2D eigenvalue weighted by Crippen LogP contribution is -2.46. The standard InChI is InChI=1S/C15H20N2O2/c1-13(15(18)19)7-8-16-9-11-17(12-10-16)14-5-3-2-4-6-14/h2-7H,8-12H2,1H3,(H,18,19). The van der Waals surface area contributed by atoms with Gasteiger partial charge in [0.1, 0.15) is 0 Å². The number of hydrogen-bond acceptors (Lipinski definition) is 3. The van der Waals surface area contributed by atoms with Crippen molar-refractivity contribution >= 4 is 11.7 Å². The molecule has 1 heterocycles. The monoisotopic (exact) mass is 260 g/mol. The van der Waals surface area contributed by atoms with Gasteiger partial charge in [0.2, 0.25) is 0 Å². The highest BCUT2D eigenvalue weighted by molar-refractivity contribution is 5.85. The topological polar surface area (TPSA) is 43.8 Å². The van der Waals surface area contributed by atoms with E-state index in [1.165, 1.54) is 5.69 Å². The van der Waals surface area contributed by atoms with Crippen LogP contribution in [0.2, 0.25) is 0 Å². The Kier molecular flexibility index (Phi) is 4.58. The normalized spacial score (nSPS) is 17.5. The third-order valence-corrected chi connectivity index (χ3v) is 3.49. The van der Waals surface area contributed by atoms with Crippen molar-refractivity contribution in [3.8, 4) is 0 Å². The first-order valence-electron chi connectivity index (χ1n) is 6.59. The molecule has 0 atom stereocenters. The Labute approximate surface area is 113 Å². The lowest BCUT2D eigenvalue weighted by molar-refractivity contribution is -0.132.